The molecule has 0 saturated carbocycles. The number of methoxy groups -OCH3 is 1. The van der Waals surface area contributed by atoms with Crippen LogP contribution in [0.1, 0.15) is 21.5 Å². The van der Waals surface area contributed by atoms with E-state index < -0.39 is 11.7 Å². The van der Waals surface area contributed by atoms with Crippen molar-refractivity contribution in [1.29, 1.82) is 0 Å². The van der Waals surface area contributed by atoms with Gasteiger partial charge in [0.25, 0.3) is 5.91 Å². The van der Waals surface area contributed by atoms with Gasteiger partial charge in [-0.2, -0.15) is 0 Å². The lowest BCUT2D eigenvalue weighted by Gasteiger charge is -2.08. The van der Waals surface area contributed by atoms with Gasteiger partial charge in [0.05, 0.1) is 16.6 Å². The zero-order valence-electron chi connectivity index (χ0n) is 11.5. The summed E-state index contributed by atoms with van der Waals surface area (Å²) in [5, 5.41) is 2.71. The lowest BCUT2D eigenvalue weighted by atomic mass is 10.1. The van der Waals surface area contributed by atoms with Crippen LogP contribution in [0.5, 0.6) is 0 Å². The molecule has 21 heavy (non-hydrogen) atoms. The van der Waals surface area contributed by atoms with Gasteiger partial charge in [-0.1, -0.05) is 30.3 Å². The molecule has 1 N–H and O–H groups in total. The first-order valence-corrected chi connectivity index (χ1v) is 7.20. The van der Waals surface area contributed by atoms with E-state index in [4.69, 9.17) is 4.74 Å². The van der Waals surface area contributed by atoms with E-state index >= 15 is 0 Å². The van der Waals surface area contributed by atoms with E-state index in [9.17, 15) is 9.18 Å². The molecule has 2 rings (SSSR count). The smallest absolute Gasteiger partial charge is 0.254 e. The molecule has 0 bridgehead atoms. The summed E-state index contributed by atoms with van der Waals surface area (Å²) < 4.78 is 19.2. The molecule has 0 spiro atoms. The third-order valence-electron chi connectivity index (χ3n) is 2.95. The number of hydrogen-bond acceptors (Lipinski definition) is 2. The molecule has 0 aliphatic carbocycles. The quantitative estimate of drug-likeness (QED) is 0.892. The highest BCUT2D eigenvalue weighted by Gasteiger charge is 2.13. The van der Waals surface area contributed by atoms with Crippen LogP contribution >= 0.6 is 15.9 Å². The van der Waals surface area contributed by atoms with Gasteiger partial charge < -0.3 is 10.1 Å². The predicted octanol–water partition coefficient (Wildman–Crippen LogP) is 3.66. The van der Waals surface area contributed by atoms with Gasteiger partial charge in [0.1, 0.15) is 5.82 Å². The summed E-state index contributed by atoms with van der Waals surface area (Å²) in [4.78, 5) is 12.0. The molecular weight excluding hydrogens is 337 g/mol. The maximum absolute atomic E-state index is 13.8. The molecule has 0 aliphatic heterocycles. The van der Waals surface area contributed by atoms with Crippen molar-refractivity contribution >= 4 is 21.8 Å². The van der Waals surface area contributed by atoms with E-state index in [0.29, 0.717) is 13.2 Å². The minimum Gasteiger partial charge on any atom is -0.380 e. The second kappa shape index (κ2) is 7.33. The fourth-order valence-corrected chi connectivity index (χ4v) is 2.32. The van der Waals surface area contributed by atoms with Crippen LogP contribution in [-0.4, -0.2) is 13.0 Å². The highest BCUT2D eigenvalue weighted by atomic mass is 79.9. The lowest BCUT2D eigenvalue weighted by Crippen LogP contribution is -2.24. The second-order valence-electron chi connectivity index (χ2n) is 4.54. The van der Waals surface area contributed by atoms with Crippen molar-refractivity contribution in [3.63, 3.8) is 0 Å². The molecule has 0 fully saturated rings. The minimum atomic E-state index is -0.553. The predicted molar refractivity (Wildman–Crippen MR) is 82.4 cm³/mol. The number of carbonyl (C=O) groups excluding carboxylic acids is 1. The van der Waals surface area contributed by atoms with Crippen LogP contribution in [0.3, 0.4) is 0 Å². The van der Waals surface area contributed by atoms with E-state index in [2.05, 4.69) is 21.2 Å². The molecular formula is C16H15BrFNO2. The van der Waals surface area contributed by atoms with Crippen LogP contribution in [0.2, 0.25) is 0 Å². The first-order chi connectivity index (χ1) is 10.1. The van der Waals surface area contributed by atoms with Crippen LogP contribution in [0.25, 0.3) is 0 Å². The molecule has 3 nitrogen and oxygen atoms in total. The first kappa shape index (κ1) is 15.7. The van der Waals surface area contributed by atoms with Gasteiger partial charge >= 0.3 is 0 Å². The maximum atomic E-state index is 13.8. The van der Waals surface area contributed by atoms with Gasteiger partial charge in [-0.3, -0.25) is 4.79 Å². The van der Waals surface area contributed by atoms with E-state index in [0.717, 1.165) is 11.1 Å². The summed E-state index contributed by atoms with van der Waals surface area (Å²) in [6.45, 7) is 0.852. The van der Waals surface area contributed by atoms with Crippen molar-refractivity contribution < 1.29 is 13.9 Å². The zero-order valence-corrected chi connectivity index (χ0v) is 13.1. The van der Waals surface area contributed by atoms with E-state index in [1.165, 1.54) is 6.07 Å². The van der Waals surface area contributed by atoms with Crippen molar-refractivity contribution in [1.82, 2.24) is 5.32 Å². The molecule has 1 amide bonds. The lowest BCUT2D eigenvalue weighted by molar-refractivity contribution is 0.0946. The largest absolute Gasteiger partial charge is 0.380 e. The van der Waals surface area contributed by atoms with Gasteiger partial charge in [-0.15, -0.1) is 0 Å². The van der Waals surface area contributed by atoms with E-state index in [-0.39, 0.29) is 10.0 Å². The highest BCUT2D eigenvalue weighted by molar-refractivity contribution is 9.10. The van der Waals surface area contributed by atoms with Crippen molar-refractivity contribution in [2.45, 2.75) is 13.2 Å². The fraction of sp³-hybridized carbons (Fsp3) is 0.188. The normalized spacial score (nSPS) is 10.4. The molecule has 0 aromatic heterocycles. The Morgan fingerprint density at radius 3 is 2.71 bits per heavy atom. The topological polar surface area (TPSA) is 38.3 Å². The average molecular weight is 352 g/mol. The Balaban J connectivity index is 2.04. The summed E-state index contributed by atoms with van der Waals surface area (Å²) in [6, 6.07) is 12.3. The maximum Gasteiger partial charge on any atom is 0.254 e. The third-order valence-corrected chi connectivity index (χ3v) is 3.56. The van der Waals surface area contributed by atoms with Crippen LogP contribution < -0.4 is 5.32 Å². The molecule has 2 aromatic rings. The molecule has 0 radical (unpaired) electrons. The van der Waals surface area contributed by atoms with E-state index in [1.54, 1.807) is 19.2 Å². The number of benzene rings is 2. The standard InChI is InChI=1S/C16H15BrFNO2/c1-21-10-12-5-2-4-11(8-12)9-19-16(20)13-6-3-7-14(17)15(13)18/h2-8H,9-10H2,1H3,(H,19,20). The van der Waals surface area contributed by atoms with Gasteiger partial charge in [0, 0.05) is 13.7 Å². The summed E-state index contributed by atoms with van der Waals surface area (Å²) in [7, 11) is 1.63. The van der Waals surface area contributed by atoms with E-state index in [1.807, 2.05) is 24.3 Å². The molecule has 0 atom stereocenters. The molecule has 0 heterocycles. The minimum absolute atomic E-state index is 0.0254. The summed E-state index contributed by atoms with van der Waals surface area (Å²) >= 11 is 3.07. The number of carbonyl (C=O) groups is 1. The Morgan fingerprint density at radius 1 is 1.24 bits per heavy atom. The van der Waals surface area contributed by atoms with Crippen molar-refractivity contribution in [2.75, 3.05) is 7.11 Å². The van der Waals surface area contributed by atoms with Crippen LogP contribution in [0.15, 0.2) is 46.9 Å². The second-order valence-corrected chi connectivity index (χ2v) is 5.39. The van der Waals surface area contributed by atoms with Crippen LogP contribution in [0, 0.1) is 5.82 Å². The van der Waals surface area contributed by atoms with Gasteiger partial charge in [0.2, 0.25) is 0 Å². The van der Waals surface area contributed by atoms with Crippen molar-refractivity contribution in [2.24, 2.45) is 0 Å². The Bertz CT molecular complexity index is 646. The molecule has 0 aliphatic rings. The highest BCUT2D eigenvalue weighted by Crippen LogP contribution is 2.18. The van der Waals surface area contributed by atoms with Gasteiger partial charge in [0.15, 0.2) is 0 Å². The number of nitrogens with one attached hydrogen (secondary N) is 1. The summed E-state index contributed by atoms with van der Waals surface area (Å²) in [6.07, 6.45) is 0. The van der Waals surface area contributed by atoms with Crippen LogP contribution in [0.4, 0.5) is 4.39 Å². The number of rotatable bonds is 5. The SMILES string of the molecule is COCc1cccc(CNC(=O)c2cccc(Br)c2F)c1. The first-order valence-electron chi connectivity index (χ1n) is 6.41. The van der Waals surface area contributed by atoms with Gasteiger partial charge in [-0.25, -0.2) is 4.39 Å². The average Bonchev–Trinajstić information content (AvgIpc) is 2.48. The van der Waals surface area contributed by atoms with Crippen LogP contribution in [-0.2, 0) is 17.9 Å². The zero-order chi connectivity index (χ0) is 15.2. The fourth-order valence-electron chi connectivity index (χ4n) is 1.95. The third kappa shape index (κ3) is 4.12. The number of ether oxygens (including phenoxy) is 1. The Morgan fingerprint density at radius 2 is 1.95 bits per heavy atom. The summed E-state index contributed by atoms with van der Waals surface area (Å²) in [5.74, 6) is -0.992. The monoisotopic (exact) mass is 351 g/mol. The molecule has 0 unspecified atom stereocenters. The molecule has 5 heteroatoms. The van der Waals surface area contributed by atoms with Crippen molar-refractivity contribution in [3.8, 4) is 0 Å². The summed E-state index contributed by atoms with van der Waals surface area (Å²) in [5.41, 5.74) is 1.99. The number of hydrogen-bond donors (Lipinski definition) is 1. The number of halogens is 2. The molecule has 110 valence electrons. The molecule has 2 aromatic carbocycles. The number of amides is 1. The Labute approximate surface area is 131 Å². The Hall–Kier alpha value is -1.72. The molecule has 0 saturated heterocycles. The Kier molecular flexibility index (Phi) is 5.47. The van der Waals surface area contributed by atoms with Gasteiger partial charge in [-0.05, 0) is 39.2 Å². The van der Waals surface area contributed by atoms with Crippen molar-refractivity contribution in [3.05, 3.63) is 69.4 Å².